The van der Waals surface area contributed by atoms with E-state index in [-0.39, 0.29) is 29.4 Å². The largest absolute Gasteiger partial charge is 0.487 e. The van der Waals surface area contributed by atoms with Crippen LogP contribution in [0.5, 0.6) is 5.75 Å². The summed E-state index contributed by atoms with van der Waals surface area (Å²) in [5.74, 6) is 6.72. The molecule has 0 saturated heterocycles. The lowest BCUT2D eigenvalue weighted by Crippen LogP contribution is -2.49. The average Bonchev–Trinajstić information content (AvgIpc) is 2.68. The molecule has 1 aliphatic heterocycles. The van der Waals surface area contributed by atoms with E-state index >= 15 is 0 Å². The van der Waals surface area contributed by atoms with Crippen LogP contribution >= 0.6 is 0 Å². The molecule has 0 saturated carbocycles. The lowest BCUT2D eigenvalue weighted by molar-refractivity contribution is 0.0752. The van der Waals surface area contributed by atoms with Gasteiger partial charge in [-0.15, -0.1) is 0 Å². The molecule has 6 nitrogen and oxygen atoms in total. The molecule has 0 fully saturated rings. The number of hydrogen-bond acceptors (Lipinski definition) is 5. The van der Waals surface area contributed by atoms with Gasteiger partial charge in [-0.1, -0.05) is 39.5 Å². The van der Waals surface area contributed by atoms with Crippen LogP contribution < -0.4 is 4.74 Å². The zero-order valence-corrected chi connectivity index (χ0v) is 19.9. The summed E-state index contributed by atoms with van der Waals surface area (Å²) in [5, 5.41) is 9.70. The number of rotatable bonds is 6. The standard InChI is InChI=1S/C23H36N2O4S/c1-7-12-24(6)15-22-18(4)14-25(19(5)16-26)30(27,28)23-11-10-20(9-8-17(2)3)13-21(23)29-22/h10-11,13,17-19,22,26H,7,12,14-16H2,1-6H3/t18-,19+,22-/m1/s1. The number of ether oxygens (including phenoxy) is 1. The Labute approximate surface area is 182 Å². The first-order valence-electron chi connectivity index (χ1n) is 10.7. The molecular formula is C23H36N2O4S. The van der Waals surface area contributed by atoms with E-state index in [2.05, 4.69) is 30.7 Å². The van der Waals surface area contributed by atoms with Crippen molar-refractivity contribution in [3.8, 4) is 17.6 Å². The monoisotopic (exact) mass is 436 g/mol. The third-order valence-electron chi connectivity index (χ3n) is 5.27. The van der Waals surface area contributed by atoms with Gasteiger partial charge >= 0.3 is 0 Å². The van der Waals surface area contributed by atoms with Crippen LogP contribution in [0.4, 0.5) is 0 Å². The van der Waals surface area contributed by atoms with Gasteiger partial charge in [0.2, 0.25) is 10.0 Å². The molecule has 1 aliphatic rings. The Morgan fingerprint density at radius 2 is 2.03 bits per heavy atom. The molecule has 7 heteroatoms. The highest BCUT2D eigenvalue weighted by Crippen LogP contribution is 2.34. The maximum atomic E-state index is 13.4. The van der Waals surface area contributed by atoms with Gasteiger partial charge in [-0.05, 0) is 45.1 Å². The molecular weight excluding hydrogens is 400 g/mol. The smallest absolute Gasteiger partial charge is 0.247 e. The molecule has 0 bridgehead atoms. The van der Waals surface area contributed by atoms with Crippen molar-refractivity contribution in [2.75, 3.05) is 33.3 Å². The fourth-order valence-corrected chi connectivity index (χ4v) is 5.35. The van der Waals surface area contributed by atoms with E-state index in [4.69, 9.17) is 4.74 Å². The highest BCUT2D eigenvalue weighted by atomic mass is 32.2. The number of aliphatic hydroxyl groups is 1. The molecule has 0 aromatic heterocycles. The molecule has 0 unspecified atom stereocenters. The van der Waals surface area contributed by atoms with E-state index in [1.54, 1.807) is 25.1 Å². The van der Waals surface area contributed by atoms with Crippen molar-refractivity contribution >= 4 is 10.0 Å². The lowest BCUT2D eigenvalue weighted by Gasteiger charge is -2.37. The molecule has 3 atom stereocenters. The van der Waals surface area contributed by atoms with Crippen LogP contribution in [0.3, 0.4) is 0 Å². The van der Waals surface area contributed by atoms with Crippen LogP contribution in [-0.4, -0.2) is 68.2 Å². The number of benzene rings is 1. The van der Waals surface area contributed by atoms with Gasteiger partial charge in [-0.3, -0.25) is 0 Å². The van der Waals surface area contributed by atoms with Crippen molar-refractivity contribution in [1.82, 2.24) is 9.21 Å². The second-order valence-corrected chi connectivity index (χ2v) is 10.4. The van der Waals surface area contributed by atoms with Crippen LogP contribution in [0.15, 0.2) is 23.1 Å². The Morgan fingerprint density at radius 1 is 1.33 bits per heavy atom. The Hall–Kier alpha value is -1.59. The third kappa shape index (κ3) is 5.98. The van der Waals surface area contributed by atoms with E-state index in [1.165, 1.54) is 4.31 Å². The number of sulfonamides is 1. The quantitative estimate of drug-likeness (QED) is 0.695. The van der Waals surface area contributed by atoms with Gasteiger partial charge in [0, 0.05) is 36.5 Å². The number of aliphatic hydroxyl groups excluding tert-OH is 1. The predicted octanol–water partition coefficient (Wildman–Crippen LogP) is 2.80. The minimum absolute atomic E-state index is 0.0494. The zero-order chi connectivity index (χ0) is 22.5. The predicted molar refractivity (Wildman–Crippen MR) is 120 cm³/mol. The molecule has 1 heterocycles. The number of likely N-dealkylation sites (N-methyl/N-ethyl adjacent to an activating group) is 1. The molecule has 1 aromatic rings. The summed E-state index contributed by atoms with van der Waals surface area (Å²) in [5.41, 5.74) is 0.730. The van der Waals surface area contributed by atoms with Crippen LogP contribution in [0.1, 0.15) is 46.6 Å². The van der Waals surface area contributed by atoms with E-state index in [1.807, 2.05) is 20.8 Å². The summed E-state index contributed by atoms with van der Waals surface area (Å²) < 4.78 is 34.6. The molecule has 30 heavy (non-hydrogen) atoms. The Balaban J connectivity index is 2.56. The SMILES string of the molecule is CCCN(C)C[C@H]1Oc2cc(C#CC(C)C)ccc2S(=O)(=O)N([C@@H](C)CO)C[C@H]1C. The summed E-state index contributed by atoms with van der Waals surface area (Å²) in [7, 11) is -1.76. The average molecular weight is 437 g/mol. The second kappa shape index (κ2) is 10.6. The maximum absolute atomic E-state index is 13.4. The van der Waals surface area contributed by atoms with E-state index in [9.17, 15) is 13.5 Å². The highest BCUT2D eigenvalue weighted by Gasteiger charge is 2.38. The number of nitrogens with zero attached hydrogens (tertiary/aromatic N) is 2. The normalized spacial score (nSPS) is 22.4. The van der Waals surface area contributed by atoms with E-state index in [0.717, 1.165) is 18.5 Å². The fourth-order valence-electron chi connectivity index (χ4n) is 3.53. The van der Waals surface area contributed by atoms with Crippen LogP contribution in [0.2, 0.25) is 0 Å². The van der Waals surface area contributed by atoms with E-state index in [0.29, 0.717) is 18.8 Å². The Kier molecular flexibility index (Phi) is 8.74. The second-order valence-electron chi connectivity index (χ2n) is 8.59. The summed E-state index contributed by atoms with van der Waals surface area (Å²) in [6.07, 6.45) is 0.850. The lowest BCUT2D eigenvalue weighted by atomic mass is 10.0. The van der Waals surface area contributed by atoms with Gasteiger partial charge in [0.15, 0.2) is 0 Å². The number of hydrogen-bond donors (Lipinski definition) is 1. The topological polar surface area (TPSA) is 70.1 Å². The summed E-state index contributed by atoms with van der Waals surface area (Å²) in [6, 6.07) is 4.52. The van der Waals surface area contributed by atoms with Gasteiger partial charge in [-0.2, -0.15) is 4.31 Å². The van der Waals surface area contributed by atoms with Crippen molar-refractivity contribution < 1.29 is 18.3 Å². The van der Waals surface area contributed by atoms with Crippen molar-refractivity contribution in [1.29, 1.82) is 0 Å². The summed E-state index contributed by atoms with van der Waals surface area (Å²) in [4.78, 5) is 2.34. The zero-order valence-electron chi connectivity index (χ0n) is 19.1. The fraction of sp³-hybridized carbons (Fsp3) is 0.652. The van der Waals surface area contributed by atoms with E-state index < -0.39 is 16.1 Å². The van der Waals surface area contributed by atoms with Crippen molar-refractivity contribution in [3.05, 3.63) is 23.8 Å². The maximum Gasteiger partial charge on any atom is 0.247 e. The van der Waals surface area contributed by atoms with Crippen LogP contribution in [-0.2, 0) is 10.0 Å². The third-order valence-corrected chi connectivity index (χ3v) is 7.29. The Bertz CT molecular complexity index is 873. The van der Waals surface area contributed by atoms with Crippen LogP contribution in [0.25, 0.3) is 0 Å². The van der Waals surface area contributed by atoms with Gasteiger partial charge < -0.3 is 14.7 Å². The minimum atomic E-state index is -3.81. The van der Waals surface area contributed by atoms with Gasteiger partial charge in [0.25, 0.3) is 0 Å². The van der Waals surface area contributed by atoms with Crippen molar-refractivity contribution in [2.24, 2.45) is 11.8 Å². The van der Waals surface area contributed by atoms with Gasteiger partial charge in [0.05, 0.1) is 6.61 Å². The molecule has 0 spiro atoms. The molecule has 1 N–H and O–H groups in total. The highest BCUT2D eigenvalue weighted by molar-refractivity contribution is 7.89. The summed E-state index contributed by atoms with van der Waals surface area (Å²) >= 11 is 0. The molecule has 0 radical (unpaired) electrons. The molecule has 2 rings (SSSR count). The van der Waals surface area contributed by atoms with Gasteiger partial charge in [0.1, 0.15) is 16.7 Å². The first kappa shape index (κ1) is 24.7. The van der Waals surface area contributed by atoms with Crippen LogP contribution in [0, 0.1) is 23.7 Å². The molecule has 0 amide bonds. The molecule has 1 aromatic carbocycles. The summed E-state index contributed by atoms with van der Waals surface area (Å²) in [6.45, 7) is 11.6. The molecule has 168 valence electrons. The minimum Gasteiger partial charge on any atom is -0.487 e. The first-order chi connectivity index (χ1) is 14.1. The van der Waals surface area contributed by atoms with Gasteiger partial charge in [-0.25, -0.2) is 8.42 Å². The first-order valence-corrected chi connectivity index (χ1v) is 12.2. The van der Waals surface area contributed by atoms with Crippen molar-refractivity contribution in [2.45, 2.75) is 58.1 Å². The Morgan fingerprint density at radius 3 is 2.63 bits per heavy atom. The number of fused-ring (bicyclic) bond motifs is 1. The molecule has 0 aliphatic carbocycles. The van der Waals surface area contributed by atoms with Crippen molar-refractivity contribution in [3.63, 3.8) is 0 Å².